The number of hydrogen-bond donors (Lipinski definition) is 0. The molecule has 1 atom stereocenters. The van der Waals surface area contributed by atoms with Crippen LogP contribution in [-0.2, 0) is 20.0 Å². The first-order chi connectivity index (χ1) is 13.7. The summed E-state index contributed by atoms with van der Waals surface area (Å²) < 4.78 is 57.2. The van der Waals surface area contributed by atoms with Crippen molar-refractivity contribution in [2.75, 3.05) is 32.4 Å². The van der Waals surface area contributed by atoms with Crippen LogP contribution in [0.15, 0.2) is 33.7 Å². The molecule has 0 radical (unpaired) electrons. The standard InChI is InChI=1S/C18H24N4O5S2/c1-28(23,24)22-12-4-5-15(13-22)18-19-17(20-27-18)14-6-8-16(9-7-14)29(25,26)21-10-2-3-11-21/h6-9,15H,2-5,10-13H2,1H3. The summed E-state index contributed by atoms with van der Waals surface area (Å²) in [5, 5.41) is 4.00. The lowest BCUT2D eigenvalue weighted by Crippen LogP contribution is -2.38. The van der Waals surface area contributed by atoms with Gasteiger partial charge in [-0.15, -0.1) is 0 Å². The number of nitrogens with zero attached hydrogens (tertiary/aromatic N) is 4. The molecular weight excluding hydrogens is 416 g/mol. The van der Waals surface area contributed by atoms with Gasteiger partial charge in [-0.3, -0.25) is 0 Å². The number of hydrogen-bond acceptors (Lipinski definition) is 7. The third-order valence-corrected chi connectivity index (χ3v) is 8.64. The first-order valence-electron chi connectivity index (χ1n) is 9.64. The van der Waals surface area contributed by atoms with Gasteiger partial charge in [-0.2, -0.15) is 9.29 Å². The van der Waals surface area contributed by atoms with E-state index in [-0.39, 0.29) is 10.8 Å². The van der Waals surface area contributed by atoms with Crippen molar-refractivity contribution in [1.29, 1.82) is 0 Å². The second-order valence-electron chi connectivity index (χ2n) is 7.55. The first-order valence-corrected chi connectivity index (χ1v) is 12.9. The van der Waals surface area contributed by atoms with Crippen molar-refractivity contribution in [3.05, 3.63) is 30.2 Å². The zero-order valence-corrected chi connectivity index (χ0v) is 17.8. The Balaban J connectivity index is 1.51. The largest absolute Gasteiger partial charge is 0.339 e. The van der Waals surface area contributed by atoms with Gasteiger partial charge >= 0.3 is 0 Å². The van der Waals surface area contributed by atoms with Crippen molar-refractivity contribution in [3.63, 3.8) is 0 Å². The maximum absolute atomic E-state index is 12.6. The average Bonchev–Trinajstić information content (AvgIpc) is 3.40. The molecule has 2 aliphatic rings. The molecule has 2 aliphatic heterocycles. The fourth-order valence-electron chi connectivity index (χ4n) is 3.82. The van der Waals surface area contributed by atoms with Crippen LogP contribution in [0.25, 0.3) is 11.4 Å². The van der Waals surface area contributed by atoms with Crippen LogP contribution in [0.5, 0.6) is 0 Å². The molecule has 0 amide bonds. The molecule has 1 unspecified atom stereocenters. The Morgan fingerprint density at radius 2 is 1.62 bits per heavy atom. The summed E-state index contributed by atoms with van der Waals surface area (Å²) in [6.45, 7) is 1.95. The van der Waals surface area contributed by atoms with E-state index in [2.05, 4.69) is 10.1 Å². The van der Waals surface area contributed by atoms with E-state index in [1.165, 1.54) is 14.9 Å². The molecule has 0 spiro atoms. The van der Waals surface area contributed by atoms with Crippen LogP contribution in [-0.4, -0.2) is 68.0 Å². The average molecular weight is 441 g/mol. The molecule has 0 N–H and O–H groups in total. The third-order valence-electron chi connectivity index (χ3n) is 5.46. The predicted octanol–water partition coefficient (Wildman–Crippen LogP) is 1.66. The number of piperidine rings is 1. The minimum atomic E-state index is -3.46. The Morgan fingerprint density at radius 3 is 2.28 bits per heavy atom. The fraction of sp³-hybridized carbons (Fsp3) is 0.556. The summed E-state index contributed by atoms with van der Waals surface area (Å²) in [4.78, 5) is 4.68. The number of rotatable bonds is 5. The van der Waals surface area contributed by atoms with E-state index in [1.54, 1.807) is 24.3 Å². The van der Waals surface area contributed by atoms with Gasteiger partial charge in [-0.1, -0.05) is 5.16 Å². The minimum Gasteiger partial charge on any atom is -0.339 e. The van der Waals surface area contributed by atoms with Gasteiger partial charge < -0.3 is 4.52 Å². The summed E-state index contributed by atoms with van der Waals surface area (Å²) >= 11 is 0. The second kappa shape index (κ2) is 7.78. The van der Waals surface area contributed by atoms with Crippen LogP contribution in [0.1, 0.15) is 37.5 Å². The van der Waals surface area contributed by atoms with Crippen LogP contribution < -0.4 is 0 Å². The van der Waals surface area contributed by atoms with Crippen molar-refractivity contribution < 1.29 is 21.4 Å². The van der Waals surface area contributed by atoms with Gasteiger partial charge in [0, 0.05) is 31.7 Å². The second-order valence-corrected chi connectivity index (χ2v) is 11.5. The molecule has 158 valence electrons. The van der Waals surface area contributed by atoms with Crippen LogP contribution in [0.3, 0.4) is 0 Å². The minimum absolute atomic E-state index is 0.144. The van der Waals surface area contributed by atoms with Crippen LogP contribution in [0, 0.1) is 0 Å². The molecule has 0 aliphatic carbocycles. The molecule has 2 aromatic rings. The normalized spacial score (nSPS) is 22.2. The van der Waals surface area contributed by atoms with Gasteiger partial charge in [0.05, 0.1) is 17.1 Å². The molecule has 0 bridgehead atoms. The zero-order chi connectivity index (χ0) is 20.6. The highest BCUT2D eigenvalue weighted by molar-refractivity contribution is 7.89. The lowest BCUT2D eigenvalue weighted by atomic mass is 10.00. The molecule has 2 saturated heterocycles. The van der Waals surface area contributed by atoms with Gasteiger partial charge in [-0.05, 0) is 49.9 Å². The smallest absolute Gasteiger partial charge is 0.243 e. The summed E-state index contributed by atoms with van der Waals surface area (Å²) in [6, 6.07) is 6.46. The lowest BCUT2D eigenvalue weighted by molar-refractivity contribution is 0.266. The zero-order valence-electron chi connectivity index (χ0n) is 16.2. The van der Waals surface area contributed by atoms with E-state index in [0.29, 0.717) is 43.5 Å². The van der Waals surface area contributed by atoms with E-state index in [9.17, 15) is 16.8 Å². The molecule has 11 heteroatoms. The molecule has 1 aromatic heterocycles. The van der Waals surface area contributed by atoms with Crippen LogP contribution in [0.4, 0.5) is 0 Å². The Morgan fingerprint density at radius 1 is 0.966 bits per heavy atom. The summed E-state index contributed by atoms with van der Waals surface area (Å²) in [5.74, 6) is 0.623. The number of benzene rings is 1. The number of aromatic nitrogens is 2. The van der Waals surface area contributed by atoms with Crippen molar-refractivity contribution in [2.45, 2.75) is 36.5 Å². The van der Waals surface area contributed by atoms with Gasteiger partial charge in [0.1, 0.15) is 0 Å². The Hall–Kier alpha value is -1.82. The highest BCUT2D eigenvalue weighted by atomic mass is 32.2. The maximum atomic E-state index is 12.6. The van der Waals surface area contributed by atoms with Crippen LogP contribution >= 0.6 is 0 Å². The Bertz CT molecular complexity index is 1070. The highest BCUT2D eigenvalue weighted by Crippen LogP contribution is 2.29. The highest BCUT2D eigenvalue weighted by Gasteiger charge is 2.31. The molecule has 2 fully saturated rings. The molecule has 1 aromatic carbocycles. The topological polar surface area (TPSA) is 114 Å². The third kappa shape index (κ3) is 4.23. The van der Waals surface area contributed by atoms with E-state index in [1.807, 2.05) is 0 Å². The van der Waals surface area contributed by atoms with Crippen molar-refractivity contribution in [1.82, 2.24) is 18.8 Å². The molecule has 0 saturated carbocycles. The maximum Gasteiger partial charge on any atom is 0.243 e. The van der Waals surface area contributed by atoms with Gasteiger partial charge in [0.25, 0.3) is 0 Å². The molecule has 29 heavy (non-hydrogen) atoms. The van der Waals surface area contributed by atoms with E-state index in [0.717, 1.165) is 25.7 Å². The Labute approximate surface area is 170 Å². The van der Waals surface area contributed by atoms with Crippen molar-refractivity contribution in [3.8, 4) is 11.4 Å². The SMILES string of the molecule is CS(=O)(=O)N1CCCC(c2nc(-c3ccc(S(=O)(=O)N4CCCC4)cc3)no2)C1. The first kappa shape index (κ1) is 20.5. The van der Waals surface area contributed by atoms with E-state index < -0.39 is 20.0 Å². The molecule has 3 heterocycles. The summed E-state index contributed by atoms with van der Waals surface area (Å²) in [6.07, 6.45) is 4.49. The van der Waals surface area contributed by atoms with Crippen molar-refractivity contribution in [2.24, 2.45) is 0 Å². The number of sulfonamides is 2. The summed E-state index contributed by atoms with van der Waals surface area (Å²) in [7, 11) is -6.72. The van der Waals surface area contributed by atoms with E-state index >= 15 is 0 Å². The van der Waals surface area contributed by atoms with Gasteiger partial charge in [0.2, 0.25) is 31.8 Å². The monoisotopic (exact) mass is 440 g/mol. The molecule has 9 nitrogen and oxygen atoms in total. The molecule has 4 rings (SSSR count). The Kier molecular flexibility index (Phi) is 5.49. The summed E-state index contributed by atoms with van der Waals surface area (Å²) in [5.41, 5.74) is 0.649. The van der Waals surface area contributed by atoms with Crippen molar-refractivity contribution >= 4 is 20.0 Å². The van der Waals surface area contributed by atoms with E-state index in [4.69, 9.17) is 4.52 Å². The van der Waals surface area contributed by atoms with Crippen LogP contribution in [0.2, 0.25) is 0 Å². The van der Waals surface area contributed by atoms with Gasteiger partial charge in [-0.25, -0.2) is 21.1 Å². The predicted molar refractivity (Wildman–Crippen MR) is 106 cm³/mol. The quantitative estimate of drug-likeness (QED) is 0.695. The lowest BCUT2D eigenvalue weighted by Gasteiger charge is -2.28. The fourth-order valence-corrected chi connectivity index (χ4v) is 6.25. The molecular formula is C18H24N4O5S2. The van der Waals surface area contributed by atoms with Gasteiger partial charge in [0.15, 0.2) is 0 Å².